The maximum atomic E-state index is 10.9. The van der Waals surface area contributed by atoms with Gasteiger partial charge in [-0.3, -0.25) is 4.79 Å². The predicted octanol–water partition coefficient (Wildman–Crippen LogP) is 1.85. The van der Waals surface area contributed by atoms with Crippen LogP contribution in [0.5, 0.6) is 0 Å². The maximum absolute atomic E-state index is 10.9. The Kier molecular flexibility index (Phi) is 2.84. The second-order valence-electron chi connectivity index (χ2n) is 4.91. The number of fused-ring (bicyclic) bond motifs is 2. The van der Waals surface area contributed by atoms with E-state index in [4.69, 9.17) is 14.6 Å². The number of ether oxygens (including phenoxy) is 2. The van der Waals surface area contributed by atoms with Crippen LogP contribution in [0.4, 0.5) is 0 Å². The van der Waals surface area contributed by atoms with Crippen molar-refractivity contribution in [1.82, 2.24) is 0 Å². The molecule has 0 unspecified atom stereocenters. The lowest BCUT2D eigenvalue weighted by Gasteiger charge is -2.33. The lowest BCUT2D eigenvalue weighted by atomic mass is 9.84. The van der Waals surface area contributed by atoms with Crippen LogP contribution >= 0.6 is 0 Å². The summed E-state index contributed by atoms with van der Waals surface area (Å²) in [7, 11) is 0. The molecule has 1 fully saturated rings. The Labute approximate surface area is 106 Å². The third-order valence-electron chi connectivity index (χ3n) is 3.90. The fourth-order valence-electron chi connectivity index (χ4n) is 2.96. The van der Waals surface area contributed by atoms with E-state index in [9.17, 15) is 4.79 Å². The van der Waals surface area contributed by atoms with Gasteiger partial charge in [0.1, 0.15) is 0 Å². The summed E-state index contributed by atoms with van der Waals surface area (Å²) in [6, 6.07) is 5.89. The Morgan fingerprint density at radius 3 is 2.83 bits per heavy atom. The van der Waals surface area contributed by atoms with Crippen molar-refractivity contribution in [1.29, 1.82) is 0 Å². The number of rotatable bonds is 2. The summed E-state index contributed by atoms with van der Waals surface area (Å²) in [6.45, 7) is 1.95. The molecule has 0 atom stereocenters. The van der Waals surface area contributed by atoms with Crippen molar-refractivity contribution in [3.05, 3.63) is 34.9 Å². The van der Waals surface area contributed by atoms with E-state index in [1.54, 1.807) is 0 Å². The Hall–Kier alpha value is -1.39. The number of carboxylic acid groups (broad SMARTS) is 1. The third kappa shape index (κ3) is 1.82. The standard InChI is InChI=1S/C14H16O4/c15-13(16)8-10-2-1-3-12-11(10)9-18-14(12)4-6-17-7-5-14/h1-3H,4-9H2,(H,15,16). The molecule has 0 radical (unpaired) electrons. The fourth-order valence-corrected chi connectivity index (χ4v) is 2.96. The van der Waals surface area contributed by atoms with Crippen LogP contribution in [0.25, 0.3) is 0 Å². The smallest absolute Gasteiger partial charge is 0.307 e. The summed E-state index contributed by atoms with van der Waals surface area (Å²) >= 11 is 0. The van der Waals surface area contributed by atoms with Gasteiger partial charge in [0.2, 0.25) is 0 Å². The molecule has 1 saturated heterocycles. The van der Waals surface area contributed by atoms with Crippen LogP contribution in [0.15, 0.2) is 18.2 Å². The molecular formula is C14H16O4. The molecule has 2 aliphatic rings. The minimum absolute atomic E-state index is 0.0686. The van der Waals surface area contributed by atoms with Crippen molar-refractivity contribution in [2.24, 2.45) is 0 Å². The van der Waals surface area contributed by atoms with Crippen LogP contribution in [0.2, 0.25) is 0 Å². The molecular weight excluding hydrogens is 232 g/mol. The van der Waals surface area contributed by atoms with E-state index in [1.165, 1.54) is 5.56 Å². The summed E-state index contributed by atoms with van der Waals surface area (Å²) in [5.41, 5.74) is 2.89. The molecule has 4 nitrogen and oxygen atoms in total. The number of benzene rings is 1. The predicted molar refractivity (Wildman–Crippen MR) is 64.3 cm³/mol. The largest absolute Gasteiger partial charge is 0.481 e. The van der Waals surface area contributed by atoms with E-state index in [1.807, 2.05) is 12.1 Å². The Balaban J connectivity index is 1.99. The molecule has 4 heteroatoms. The molecule has 0 aromatic heterocycles. The summed E-state index contributed by atoms with van der Waals surface area (Å²) in [5.74, 6) is -0.795. The second kappa shape index (κ2) is 4.37. The van der Waals surface area contributed by atoms with Gasteiger partial charge in [-0.2, -0.15) is 0 Å². The third-order valence-corrected chi connectivity index (χ3v) is 3.90. The van der Waals surface area contributed by atoms with Gasteiger partial charge in [0.15, 0.2) is 0 Å². The highest BCUT2D eigenvalue weighted by Crippen LogP contribution is 2.44. The van der Waals surface area contributed by atoms with Crippen LogP contribution in [0, 0.1) is 0 Å². The van der Waals surface area contributed by atoms with E-state index >= 15 is 0 Å². The highest BCUT2D eigenvalue weighted by molar-refractivity contribution is 5.71. The van der Waals surface area contributed by atoms with Crippen LogP contribution in [-0.4, -0.2) is 24.3 Å². The highest BCUT2D eigenvalue weighted by atomic mass is 16.5. The number of hydrogen-bond donors (Lipinski definition) is 1. The zero-order chi connectivity index (χ0) is 12.6. The van der Waals surface area contributed by atoms with Gasteiger partial charge in [0, 0.05) is 26.1 Å². The van der Waals surface area contributed by atoms with Gasteiger partial charge in [0.25, 0.3) is 0 Å². The molecule has 0 bridgehead atoms. The van der Waals surface area contributed by atoms with Gasteiger partial charge >= 0.3 is 5.97 Å². The molecule has 96 valence electrons. The Bertz CT molecular complexity index is 475. The normalized spacial score (nSPS) is 20.9. The average molecular weight is 248 g/mol. The summed E-state index contributed by atoms with van der Waals surface area (Å²) in [6.07, 6.45) is 1.78. The number of hydrogen-bond acceptors (Lipinski definition) is 3. The molecule has 3 rings (SSSR count). The molecule has 1 aromatic carbocycles. The van der Waals surface area contributed by atoms with Gasteiger partial charge in [-0.15, -0.1) is 0 Å². The van der Waals surface area contributed by atoms with Gasteiger partial charge in [-0.25, -0.2) is 0 Å². The van der Waals surface area contributed by atoms with Gasteiger partial charge < -0.3 is 14.6 Å². The molecule has 2 aliphatic heterocycles. The monoisotopic (exact) mass is 248 g/mol. The summed E-state index contributed by atoms with van der Waals surface area (Å²) in [4.78, 5) is 10.9. The first kappa shape index (κ1) is 11.7. The lowest BCUT2D eigenvalue weighted by Crippen LogP contribution is -2.33. The van der Waals surface area contributed by atoms with Crippen molar-refractivity contribution in [3.63, 3.8) is 0 Å². The fraction of sp³-hybridized carbons (Fsp3) is 0.500. The van der Waals surface area contributed by atoms with Crippen LogP contribution in [0.3, 0.4) is 0 Å². The Morgan fingerprint density at radius 2 is 2.11 bits per heavy atom. The van der Waals surface area contributed by atoms with Crippen molar-refractivity contribution < 1.29 is 19.4 Å². The average Bonchev–Trinajstić information content (AvgIpc) is 2.70. The lowest BCUT2D eigenvalue weighted by molar-refractivity contribution is -0.136. The SMILES string of the molecule is O=C(O)Cc1cccc2c1COC21CCOCC1. The number of carboxylic acids is 1. The topological polar surface area (TPSA) is 55.8 Å². The van der Waals surface area contributed by atoms with Crippen molar-refractivity contribution in [2.45, 2.75) is 31.5 Å². The first-order valence-electron chi connectivity index (χ1n) is 6.26. The van der Waals surface area contributed by atoms with Gasteiger partial charge in [-0.05, 0) is 16.7 Å². The molecule has 0 aliphatic carbocycles. The van der Waals surface area contributed by atoms with Crippen molar-refractivity contribution in [2.75, 3.05) is 13.2 Å². The Morgan fingerprint density at radius 1 is 1.33 bits per heavy atom. The molecule has 18 heavy (non-hydrogen) atoms. The first-order valence-corrected chi connectivity index (χ1v) is 6.26. The number of carbonyl (C=O) groups is 1. The quantitative estimate of drug-likeness (QED) is 0.867. The van der Waals surface area contributed by atoms with E-state index < -0.39 is 5.97 Å². The van der Waals surface area contributed by atoms with E-state index in [0.717, 1.165) is 24.0 Å². The summed E-state index contributed by atoms with van der Waals surface area (Å²) < 4.78 is 11.4. The number of aliphatic carboxylic acids is 1. The molecule has 0 amide bonds. The van der Waals surface area contributed by atoms with Crippen molar-refractivity contribution >= 4 is 5.97 Å². The minimum atomic E-state index is -0.795. The van der Waals surface area contributed by atoms with E-state index in [-0.39, 0.29) is 12.0 Å². The van der Waals surface area contributed by atoms with Crippen LogP contribution in [-0.2, 0) is 32.9 Å². The minimum Gasteiger partial charge on any atom is -0.481 e. The summed E-state index contributed by atoms with van der Waals surface area (Å²) in [5, 5.41) is 8.94. The molecule has 2 heterocycles. The zero-order valence-corrected chi connectivity index (χ0v) is 10.1. The van der Waals surface area contributed by atoms with Crippen LogP contribution in [0.1, 0.15) is 29.5 Å². The molecule has 1 N–H and O–H groups in total. The second-order valence-corrected chi connectivity index (χ2v) is 4.91. The highest BCUT2D eigenvalue weighted by Gasteiger charge is 2.42. The van der Waals surface area contributed by atoms with Gasteiger partial charge in [-0.1, -0.05) is 18.2 Å². The first-order chi connectivity index (χ1) is 8.71. The maximum Gasteiger partial charge on any atom is 0.307 e. The molecule has 0 saturated carbocycles. The van der Waals surface area contributed by atoms with Crippen LogP contribution < -0.4 is 0 Å². The van der Waals surface area contributed by atoms with Crippen molar-refractivity contribution in [3.8, 4) is 0 Å². The van der Waals surface area contributed by atoms with E-state index in [0.29, 0.717) is 19.8 Å². The van der Waals surface area contributed by atoms with Gasteiger partial charge in [0.05, 0.1) is 18.6 Å². The van der Waals surface area contributed by atoms with E-state index in [2.05, 4.69) is 6.07 Å². The molecule has 1 spiro atoms. The molecule has 1 aromatic rings. The zero-order valence-electron chi connectivity index (χ0n) is 10.1.